The minimum Gasteiger partial charge on any atom is -0.360 e. The van der Waals surface area contributed by atoms with Crippen LogP contribution in [0.15, 0.2) is 42.7 Å². The monoisotopic (exact) mass is 465 g/mol. The molecule has 1 fully saturated rings. The lowest BCUT2D eigenvalue weighted by atomic mass is 10.1. The maximum atomic E-state index is 14.1. The smallest absolute Gasteiger partial charge is 0.162 e. The van der Waals surface area contributed by atoms with Gasteiger partial charge in [0.05, 0.1) is 12.2 Å². The molecule has 7 rings (SSSR count). The number of hydrogen-bond donors (Lipinski definition) is 1. The topological polar surface area (TPSA) is 79.3 Å². The van der Waals surface area contributed by atoms with Gasteiger partial charge in [0.15, 0.2) is 23.3 Å². The third-order valence-corrected chi connectivity index (χ3v) is 6.04. The molecule has 11 heteroatoms. The van der Waals surface area contributed by atoms with E-state index in [1.54, 1.807) is 25.4 Å². The largest absolute Gasteiger partial charge is 0.360 e. The van der Waals surface area contributed by atoms with Crippen molar-refractivity contribution in [1.82, 2.24) is 19.9 Å². The van der Waals surface area contributed by atoms with E-state index in [0.717, 1.165) is 36.2 Å². The van der Waals surface area contributed by atoms with Crippen molar-refractivity contribution < 1.29 is 17.9 Å². The summed E-state index contributed by atoms with van der Waals surface area (Å²) in [5, 5.41) is 3.59. The van der Waals surface area contributed by atoms with Gasteiger partial charge in [-0.05, 0) is 18.2 Å². The van der Waals surface area contributed by atoms with Crippen molar-refractivity contribution in [2.45, 2.75) is 6.23 Å². The zero-order valence-electron chi connectivity index (χ0n) is 18.0. The van der Waals surface area contributed by atoms with Gasteiger partial charge in [0.2, 0.25) is 0 Å². The molecule has 1 N–H and O–H groups in total. The zero-order valence-corrected chi connectivity index (χ0v) is 18.0. The molecule has 0 spiro atoms. The third-order valence-electron chi connectivity index (χ3n) is 6.04. The van der Waals surface area contributed by atoms with E-state index in [-0.39, 0.29) is 17.7 Å². The van der Waals surface area contributed by atoms with Gasteiger partial charge in [-0.3, -0.25) is 0 Å². The number of rotatable bonds is 4. The van der Waals surface area contributed by atoms with Crippen LogP contribution in [0, 0.1) is 17.5 Å². The Kier molecular flexibility index (Phi) is 4.73. The first-order valence-corrected chi connectivity index (χ1v) is 10.6. The van der Waals surface area contributed by atoms with Crippen LogP contribution in [-0.2, 0) is 4.74 Å². The van der Waals surface area contributed by atoms with E-state index in [4.69, 9.17) is 14.7 Å². The molecule has 172 valence electrons. The summed E-state index contributed by atoms with van der Waals surface area (Å²) in [5.41, 5.74) is 1.09. The van der Waals surface area contributed by atoms with Crippen LogP contribution in [0.25, 0.3) is 22.3 Å². The summed E-state index contributed by atoms with van der Waals surface area (Å²) >= 11 is 0. The van der Waals surface area contributed by atoms with Crippen LogP contribution in [0.3, 0.4) is 0 Å². The Bertz CT molecular complexity index is 1430. The lowest BCUT2D eigenvalue weighted by Gasteiger charge is -2.43. The van der Waals surface area contributed by atoms with Crippen molar-refractivity contribution in [2.75, 3.05) is 41.9 Å². The Balaban J connectivity index is 1.45. The van der Waals surface area contributed by atoms with Crippen LogP contribution in [0.5, 0.6) is 0 Å². The first-order chi connectivity index (χ1) is 16.5. The summed E-state index contributed by atoms with van der Waals surface area (Å²) in [5.74, 6) is -1.17. The average molecular weight is 465 g/mol. The van der Waals surface area contributed by atoms with Gasteiger partial charge in [0.1, 0.15) is 29.2 Å². The predicted molar refractivity (Wildman–Crippen MR) is 121 cm³/mol. The average Bonchev–Trinajstić information content (AvgIpc) is 2.86. The van der Waals surface area contributed by atoms with E-state index in [1.807, 2.05) is 6.07 Å². The second-order valence-corrected chi connectivity index (χ2v) is 8.03. The van der Waals surface area contributed by atoms with Crippen molar-refractivity contribution in [3.63, 3.8) is 0 Å². The number of piperazine rings is 1. The maximum Gasteiger partial charge on any atom is 0.162 e. The number of ether oxygens (including phenoxy) is 1. The second kappa shape index (κ2) is 7.80. The van der Waals surface area contributed by atoms with E-state index in [9.17, 15) is 13.2 Å². The fourth-order valence-corrected chi connectivity index (χ4v) is 4.39. The quantitative estimate of drug-likeness (QED) is 0.456. The SMILES string of the molecule is COC1CN2CCN1c1nccc3c2nc(-c2ccnc(Nc4cc(F)c(F)cc4F)c2)nc13. The number of benzene rings is 1. The van der Waals surface area contributed by atoms with Crippen molar-refractivity contribution in [1.29, 1.82) is 0 Å². The van der Waals surface area contributed by atoms with Gasteiger partial charge in [0.25, 0.3) is 0 Å². The van der Waals surface area contributed by atoms with E-state index in [2.05, 4.69) is 25.1 Å². The first kappa shape index (κ1) is 20.6. The van der Waals surface area contributed by atoms with Gasteiger partial charge in [-0.2, -0.15) is 0 Å². The van der Waals surface area contributed by atoms with Crippen molar-refractivity contribution in [2.24, 2.45) is 0 Å². The van der Waals surface area contributed by atoms with Gasteiger partial charge in [0, 0.05) is 55.7 Å². The molecule has 3 aromatic heterocycles. The molecule has 6 heterocycles. The Morgan fingerprint density at radius 3 is 2.62 bits per heavy atom. The van der Waals surface area contributed by atoms with Crippen LogP contribution in [0.2, 0.25) is 0 Å². The number of halogens is 3. The molecule has 0 aliphatic carbocycles. The number of nitrogens with one attached hydrogen (secondary N) is 1. The molecule has 1 saturated heterocycles. The number of pyridine rings is 2. The summed E-state index contributed by atoms with van der Waals surface area (Å²) in [7, 11) is 1.67. The molecule has 6 bridgehead atoms. The van der Waals surface area contributed by atoms with Gasteiger partial charge >= 0.3 is 0 Å². The molecule has 3 aliphatic heterocycles. The lowest BCUT2D eigenvalue weighted by molar-refractivity contribution is 0.0952. The normalized spacial score (nSPS) is 16.8. The number of methoxy groups -OCH3 is 1. The lowest BCUT2D eigenvalue weighted by Crippen LogP contribution is -2.55. The minimum absolute atomic E-state index is 0.166. The van der Waals surface area contributed by atoms with E-state index in [0.29, 0.717) is 29.5 Å². The van der Waals surface area contributed by atoms with Crippen molar-refractivity contribution in [3.05, 3.63) is 60.2 Å². The minimum atomic E-state index is -1.26. The van der Waals surface area contributed by atoms with Crippen molar-refractivity contribution >= 4 is 34.0 Å². The number of aromatic nitrogens is 4. The highest BCUT2D eigenvalue weighted by Crippen LogP contribution is 2.37. The highest BCUT2D eigenvalue weighted by molar-refractivity contribution is 5.98. The highest BCUT2D eigenvalue weighted by atomic mass is 19.2. The molecular formula is C23H18F3N7O. The number of hydrogen-bond acceptors (Lipinski definition) is 8. The summed E-state index contributed by atoms with van der Waals surface area (Å²) in [6.45, 7) is 2.12. The molecule has 0 radical (unpaired) electrons. The van der Waals surface area contributed by atoms with Gasteiger partial charge in [-0.1, -0.05) is 0 Å². The van der Waals surface area contributed by atoms with Crippen molar-refractivity contribution in [3.8, 4) is 11.4 Å². The summed E-state index contributed by atoms with van der Waals surface area (Å²) in [6, 6.07) is 6.48. The van der Waals surface area contributed by atoms with Gasteiger partial charge in [-0.15, -0.1) is 0 Å². The van der Waals surface area contributed by atoms with E-state index >= 15 is 0 Å². The van der Waals surface area contributed by atoms with Gasteiger partial charge in [-0.25, -0.2) is 33.1 Å². The van der Waals surface area contributed by atoms with E-state index in [1.165, 1.54) is 6.20 Å². The van der Waals surface area contributed by atoms with Gasteiger partial charge < -0.3 is 19.9 Å². The van der Waals surface area contributed by atoms with Crippen LogP contribution >= 0.6 is 0 Å². The Morgan fingerprint density at radius 1 is 0.941 bits per heavy atom. The zero-order chi connectivity index (χ0) is 23.4. The highest BCUT2D eigenvalue weighted by Gasteiger charge is 2.34. The fourth-order valence-electron chi connectivity index (χ4n) is 4.39. The molecule has 0 saturated carbocycles. The first-order valence-electron chi connectivity index (χ1n) is 10.6. The molecule has 1 aromatic carbocycles. The predicted octanol–water partition coefficient (Wildman–Crippen LogP) is 3.86. The molecular weight excluding hydrogens is 447 g/mol. The molecule has 1 atom stereocenters. The molecule has 34 heavy (non-hydrogen) atoms. The number of anilines is 4. The Hall–Kier alpha value is -3.99. The standard InChI is InChI=1S/C23H18F3N7O/c1-34-19-11-32-6-7-33(19)23-20-13(3-5-28-23)22(32)31-21(30-20)12-2-4-27-18(8-12)29-17-10-15(25)14(24)9-16(17)26/h2-5,8-10,19H,6-7,11H2,1H3,(H,27,29). The molecule has 4 aromatic rings. The number of nitrogens with zero attached hydrogens (tertiary/aromatic N) is 6. The summed E-state index contributed by atoms with van der Waals surface area (Å²) in [6.07, 6.45) is 3.08. The van der Waals surface area contributed by atoms with Crippen LogP contribution in [0.1, 0.15) is 0 Å². The van der Waals surface area contributed by atoms with Crippen LogP contribution in [-0.4, -0.2) is 52.9 Å². The summed E-state index contributed by atoms with van der Waals surface area (Å²) < 4.78 is 46.6. The Labute approximate surface area is 192 Å². The summed E-state index contributed by atoms with van der Waals surface area (Å²) in [4.78, 5) is 22.7. The fraction of sp³-hybridized carbons (Fsp3) is 0.217. The molecule has 3 aliphatic rings. The second-order valence-electron chi connectivity index (χ2n) is 8.03. The van der Waals surface area contributed by atoms with E-state index < -0.39 is 17.5 Å². The van der Waals surface area contributed by atoms with Crippen LogP contribution < -0.4 is 15.1 Å². The molecule has 8 nitrogen and oxygen atoms in total. The Morgan fingerprint density at radius 2 is 1.76 bits per heavy atom. The van der Waals surface area contributed by atoms with Crippen LogP contribution in [0.4, 0.5) is 36.3 Å². The number of fused-ring (bicyclic) bond motifs is 2. The molecule has 0 amide bonds. The third kappa shape index (κ3) is 3.27. The maximum absolute atomic E-state index is 14.1. The molecule has 1 unspecified atom stereocenters.